The number of hydrogen-bond acceptors (Lipinski definition) is 4. The zero-order valence-corrected chi connectivity index (χ0v) is 16.4. The number of amides is 2. The molecule has 3 aromatic carbocycles. The number of benzene rings is 3. The summed E-state index contributed by atoms with van der Waals surface area (Å²) in [5.74, 6) is 1.00. The van der Waals surface area contributed by atoms with Gasteiger partial charge < -0.3 is 9.47 Å². The molecule has 5 heteroatoms. The van der Waals surface area contributed by atoms with Crippen LogP contribution < -0.4 is 9.47 Å². The lowest BCUT2D eigenvalue weighted by atomic mass is 10.0. The molecule has 0 radical (unpaired) electrons. The second kappa shape index (κ2) is 7.67. The van der Waals surface area contributed by atoms with Gasteiger partial charge in [-0.1, -0.05) is 48.5 Å². The molecular formula is C25H21NO4. The molecule has 1 atom stereocenters. The van der Waals surface area contributed by atoms with Gasteiger partial charge in [0.2, 0.25) is 0 Å². The van der Waals surface area contributed by atoms with E-state index in [4.69, 9.17) is 9.47 Å². The van der Waals surface area contributed by atoms with Gasteiger partial charge in [0.15, 0.2) is 0 Å². The highest BCUT2D eigenvalue weighted by Crippen LogP contribution is 2.33. The number of rotatable bonds is 5. The monoisotopic (exact) mass is 399 g/mol. The number of fused-ring (bicyclic) bond motifs is 2. The van der Waals surface area contributed by atoms with E-state index in [1.807, 2.05) is 48.5 Å². The maximum absolute atomic E-state index is 12.6. The van der Waals surface area contributed by atoms with Crippen LogP contribution in [0.5, 0.6) is 11.5 Å². The number of aryl methyl sites for hydroxylation is 1. The molecule has 2 heterocycles. The Morgan fingerprint density at radius 3 is 2.33 bits per heavy atom. The van der Waals surface area contributed by atoms with Crippen LogP contribution in [0.1, 0.15) is 38.3 Å². The Morgan fingerprint density at radius 2 is 1.60 bits per heavy atom. The van der Waals surface area contributed by atoms with E-state index in [1.165, 1.54) is 4.90 Å². The van der Waals surface area contributed by atoms with E-state index in [9.17, 15) is 9.59 Å². The van der Waals surface area contributed by atoms with Gasteiger partial charge in [0, 0.05) is 6.07 Å². The van der Waals surface area contributed by atoms with Crippen molar-refractivity contribution in [3.05, 3.63) is 95.1 Å². The molecule has 0 fully saturated rings. The van der Waals surface area contributed by atoms with Gasteiger partial charge in [-0.05, 0) is 42.2 Å². The molecule has 1 unspecified atom stereocenters. The smallest absolute Gasteiger partial charge is 0.261 e. The largest absolute Gasteiger partial charge is 0.489 e. The minimum Gasteiger partial charge on any atom is -0.489 e. The van der Waals surface area contributed by atoms with Gasteiger partial charge in [0.05, 0.1) is 17.7 Å². The zero-order valence-electron chi connectivity index (χ0n) is 16.4. The molecule has 0 bridgehead atoms. The van der Waals surface area contributed by atoms with Crippen molar-refractivity contribution in [2.45, 2.75) is 25.6 Å². The highest BCUT2D eigenvalue weighted by Gasteiger charge is 2.37. The summed E-state index contributed by atoms with van der Waals surface area (Å²) in [5.41, 5.74) is 3.14. The van der Waals surface area contributed by atoms with Crippen molar-refractivity contribution in [2.75, 3.05) is 6.54 Å². The predicted octanol–water partition coefficient (Wildman–Crippen LogP) is 4.26. The number of hydrogen-bond donors (Lipinski definition) is 0. The van der Waals surface area contributed by atoms with E-state index in [2.05, 4.69) is 0 Å². The SMILES string of the molecule is O=C1c2ccccc2C(=O)N1CC1CCc2ccc(OCc3ccccc3)cc2O1. The second-order valence-electron chi connectivity index (χ2n) is 7.59. The topological polar surface area (TPSA) is 55.8 Å². The van der Waals surface area contributed by atoms with Gasteiger partial charge in [-0.2, -0.15) is 0 Å². The lowest BCUT2D eigenvalue weighted by molar-refractivity contribution is 0.0550. The third-order valence-corrected chi connectivity index (χ3v) is 5.58. The van der Waals surface area contributed by atoms with Gasteiger partial charge in [-0.3, -0.25) is 14.5 Å². The first-order chi connectivity index (χ1) is 14.7. The van der Waals surface area contributed by atoms with Gasteiger partial charge >= 0.3 is 0 Å². The van der Waals surface area contributed by atoms with Gasteiger partial charge in [-0.25, -0.2) is 0 Å². The maximum Gasteiger partial charge on any atom is 0.261 e. The lowest BCUT2D eigenvalue weighted by Gasteiger charge is -2.29. The Hall–Kier alpha value is -3.60. The number of nitrogens with zero attached hydrogens (tertiary/aromatic N) is 1. The molecule has 2 amide bonds. The summed E-state index contributed by atoms with van der Waals surface area (Å²) in [7, 11) is 0. The average molecular weight is 399 g/mol. The number of carbonyl (C=O) groups excluding carboxylic acids is 2. The molecule has 2 aliphatic heterocycles. The second-order valence-corrected chi connectivity index (χ2v) is 7.59. The van der Waals surface area contributed by atoms with Crippen LogP contribution in [0.2, 0.25) is 0 Å². The molecule has 5 nitrogen and oxygen atoms in total. The average Bonchev–Trinajstić information content (AvgIpc) is 3.03. The molecule has 0 aromatic heterocycles. The summed E-state index contributed by atoms with van der Waals surface area (Å²) >= 11 is 0. The van der Waals surface area contributed by atoms with Crippen molar-refractivity contribution >= 4 is 11.8 Å². The van der Waals surface area contributed by atoms with Crippen LogP contribution >= 0.6 is 0 Å². The number of ether oxygens (including phenoxy) is 2. The van der Waals surface area contributed by atoms with E-state index in [-0.39, 0.29) is 24.5 Å². The summed E-state index contributed by atoms with van der Waals surface area (Å²) in [5, 5.41) is 0. The fraction of sp³-hybridized carbons (Fsp3) is 0.200. The van der Waals surface area contributed by atoms with Gasteiger partial charge in [0.25, 0.3) is 11.8 Å². The highest BCUT2D eigenvalue weighted by molar-refractivity contribution is 6.21. The van der Waals surface area contributed by atoms with Crippen LogP contribution in [0.25, 0.3) is 0 Å². The van der Waals surface area contributed by atoms with Crippen LogP contribution in [0.3, 0.4) is 0 Å². The first kappa shape index (κ1) is 18.4. The first-order valence-electron chi connectivity index (χ1n) is 10.1. The highest BCUT2D eigenvalue weighted by atomic mass is 16.5. The normalized spacial score (nSPS) is 17.3. The quantitative estimate of drug-likeness (QED) is 0.602. The Morgan fingerprint density at radius 1 is 0.900 bits per heavy atom. The van der Waals surface area contributed by atoms with Gasteiger partial charge in [0.1, 0.15) is 24.2 Å². The molecule has 5 rings (SSSR count). The van der Waals surface area contributed by atoms with Gasteiger partial charge in [-0.15, -0.1) is 0 Å². The summed E-state index contributed by atoms with van der Waals surface area (Å²) in [6, 6.07) is 22.8. The fourth-order valence-corrected chi connectivity index (χ4v) is 3.97. The van der Waals surface area contributed by atoms with Crippen LogP contribution in [0.15, 0.2) is 72.8 Å². The predicted molar refractivity (Wildman–Crippen MR) is 112 cm³/mol. The van der Waals surface area contributed by atoms with E-state index in [1.54, 1.807) is 24.3 Å². The third-order valence-electron chi connectivity index (χ3n) is 5.58. The minimum atomic E-state index is -0.245. The molecule has 0 saturated heterocycles. The molecule has 0 N–H and O–H groups in total. The molecule has 0 spiro atoms. The van der Waals surface area contributed by atoms with Crippen LogP contribution in [-0.4, -0.2) is 29.4 Å². The van der Waals surface area contributed by atoms with E-state index < -0.39 is 0 Å². The lowest BCUT2D eigenvalue weighted by Crippen LogP contribution is -2.40. The Bertz CT molecular complexity index is 1070. The molecule has 150 valence electrons. The molecular weight excluding hydrogens is 378 g/mol. The maximum atomic E-state index is 12.6. The van der Waals surface area contributed by atoms with Crippen molar-refractivity contribution < 1.29 is 19.1 Å². The Labute approximate surface area is 174 Å². The molecule has 0 aliphatic carbocycles. The van der Waals surface area contributed by atoms with E-state index in [0.717, 1.165) is 35.5 Å². The standard InChI is InChI=1S/C25H21NO4/c27-24-21-8-4-5-9-22(21)25(28)26(24)15-20-13-11-18-10-12-19(14-23(18)30-20)29-16-17-6-2-1-3-7-17/h1-10,12,14,20H,11,13,15-16H2. The van der Waals surface area contributed by atoms with E-state index in [0.29, 0.717) is 17.7 Å². The van der Waals surface area contributed by atoms with Crippen molar-refractivity contribution in [1.82, 2.24) is 4.90 Å². The number of carbonyl (C=O) groups is 2. The van der Waals surface area contributed by atoms with Crippen LogP contribution in [0.4, 0.5) is 0 Å². The number of imide groups is 1. The minimum absolute atomic E-state index is 0.232. The third kappa shape index (κ3) is 3.43. The van der Waals surface area contributed by atoms with Crippen LogP contribution in [0, 0.1) is 0 Å². The molecule has 3 aromatic rings. The summed E-state index contributed by atoms with van der Waals surface area (Å²) in [6.45, 7) is 0.735. The van der Waals surface area contributed by atoms with Crippen molar-refractivity contribution in [2.24, 2.45) is 0 Å². The first-order valence-corrected chi connectivity index (χ1v) is 10.1. The summed E-state index contributed by atoms with van der Waals surface area (Å²) in [4.78, 5) is 26.6. The molecule has 0 saturated carbocycles. The molecule has 30 heavy (non-hydrogen) atoms. The van der Waals surface area contributed by atoms with Crippen molar-refractivity contribution in [3.63, 3.8) is 0 Å². The fourth-order valence-electron chi connectivity index (χ4n) is 3.97. The Balaban J connectivity index is 1.27. The van der Waals surface area contributed by atoms with E-state index >= 15 is 0 Å². The summed E-state index contributed by atoms with van der Waals surface area (Å²) in [6.07, 6.45) is 1.36. The van der Waals surface area contributed by atoms with Crippen molar-refractivity contribution in [1.29, 1.82) is 0 Å². The van der Waals surface area contributed by atoms with Crippen LogP contribution in [-0.2, 0) is 13.0 Å². The molecule has 2 aliphatic rings. The zero-order chi connectivity index (χ0) is 20.5. The Kier molecular flexibility index (Phi) is 4.71. The van der Waals surface area contributed by atoms with Crippen molar-refractivity contribution in [3.8, 4) is 11.5 Å². The summed E-state index contributed by atoms with van der Waals surface area (Å²) < 4.78 is 12.1.